The number of benzene rings is 1. The van der Waals surface area contributed by atoms with E-state index in [-0.39, 0.29) is 11.8 Å². The molecule has 5 nitrogen and oxygen atoms in total. The van der Waals surface area contributed by atoms with E-state index in [4.69, 9.17) is 0 Å². The fourth-order valence-corrected chi connectivity index (χ4v) is 2.98. The summed E-state index contributed by atoms with van der Waals surface area (Å²) in [7, 11) is 0. The SMILES string of the molecule is CC(=O)N1CCCN(C(=O)/C=C/c2cccc3cccnc23)CC1. The fraction of sp³-hybridized carbons (Fsp3) is 0.316. The third-order valence-electron chi connectivity index (χ3n) is 4.32. The van der Waals surface area contributed by atoms with Gasteiger partial charge in [0.2, 0.25) is 11.8 Å². The van der Waals surface area contributed by atoms with E-state index in [2.05, 4.69) is 4.98 Å². The van der Waals surface area contributed by atoms with Crippen molar-refractivity contribution in [1.82, 2.24) is 14.8 Å². The molecular weight excluding hydrogens is 302 g/mol. The molecule has 0 bridgehead atoms. The van der Waals surface area contributed by atoms with Crippen molar-refractivity contribution in [3.05, 3.63) is 48.2 Å². The highest BCUT2D eigenvalue weighted by Gasteiger charge is 2.18. The third kappa shape index (κ3) is 3.62. The molecule has 0 atom stereocenters. The zero-order valence-electron chi connectivity index (χ0n) is 13.8. The summed E-state index contributed by atoms with van der Waals surface area (Å²) in [6, 6.07) is 9.84. The number of hydrogen-bond acceptors (Lipinski definition) is 3. The minimum absolute atomic E-state index is 0.0201. The average molecular weight is 323 g/mol. The van der Waals surface area contributed by atoms with Gasteiger partial charge >= 0.3 is 0 Å². The molecule has 2 amide bonds. The average Bonchev–Trinajstić information content (AvgIpc) is 2.86. The maximum absolute atomic E-state index is 12.5. The standard InChI is InChI=1S/C19H21N3O2/c1-15(23)21-11-4-12-22(14-13-21)18(24)9-8-17-6-2-5-16-7-3-10-20-19(16)17/h2-3,5-10H,4,11-14H2,1H3/b9-8+. The van der Waals surface area contributed by atoms with Gasteiger partial charge in [0.05, 0.1) is 5.52 Å². The van der Waals surface area contributed by atoms with Gasteiger partial charge in [0.1, 0.15) is 0 Å². The van der Waals surface area contributed by atoms with Crippen LogP contribution in [0.15, 0.2) is 42.6 Å². The molecule has 1 saturated heterocycles. The van der Waals surface area contributed by atoms with Gasteiger partial charge in [0, 0.05) is 56.3 Å². The van der Waals surface area contributed by atoms with E-state index >= 15 is 0 Å². The molecule has 1 fully saturated rings. The fourth-order valence-electron chi connectivity index (χ4n) is 2.98. The molecule has 2 heterocycles. The first-order valence-corrected chi connectivity index (χ1v) is 8.21. The van der Waals surface area contributed by atoms with Crippen LogP contribution < -0.4 is 0 Å². The lowest BCUT2D eigenvalue weighted by Crippen LogP contribution is -2.35. The summed E-state index contributed by atoms with van der Waals surface area (Å²) in [4.78, 5) is 31.9. The number of carbonyl (C=O) groups is 2. The molecule has 124 valence electrons. The Hall–Kier alpha value is -2.69. The van der Waals surface area contributed by atoms with Crippen LogP contribution in [0, 0.1) is 0 Å². The van der Waals surface area contributed by atoms with Gasteiger partial charge in [-0.15, -0.1) is 0 Å². The Morgan fingerprint density at radius 3 is 2.62 bits per heavy atom. The first-order chi connectivity index (χ1) is 11.6. The highest BCUT2D eigenvalue weighted by Crippen LogP contribution is 2.17. The molecule has 1 aromatic heterocycles. The maximum Gasteiger partial charge on any atom is 0.246 e. The smallest absolute Gasteiger partial charge is 0.246 e. The summed E-state index contributed by atoms with van der Waals surface area (Å²) >= 11 is 0. The van der Waals surface area contributed by atoms with E-state index in [0.717, 1.165) is 29.4 Å². The van der Waals surface area contributed by atoms with Crippen LogP contribution in [0.1, 0.15) is 18.9 Å². The summed E-state index contributed by atoms with van der Waals surface area (Å²) in [6.07, 6.45) is 6.00. The Morgan fingerprint density at radius 2 is 1.79 bits per heavy atom. The summed E-state index contributed by atoms with van der Waals surface area (Å²) in [6.45, 7) is 4.16. The highest BCUT2D eigenvalue weighted by molar-refractivity contribution is 5.95. The molecule has 5 heteroatoms. The van der Waals surface area contributed by atoms with Gasteiger partial charge in [0.25, 0.3) is 0 Å². The van der Waals surface area contributed by atoms with E-state index in [1.807, 2.05) is 36.4 Å². The Labute approximate surface area is 141 Å². The molecular formula is C19H21N3O2. The summed E-state index contributed by atoms with van der Waals surface area (Å²) < 4.78 is 0. The van der Waals surface area contributed by atoms with E-state index in [1.165, 1.54) is 0 Å². The molecule has 24 heavy (non-hydrogen) atoms. The van der Waals surface area contributed by atoms with Crippen molar-refractivity contribution in [2.75, 3.05) is 26.2 Å². The first-order valence-electron chi connectivity index (χ1n) is 8.21. The second-order valence-corrected chi connectivity index (χ2v) is 5.94. The molecule has 1 aliphatic heterocycles. The molecule has 0 saturated carbocycles. The Bertz CT molecular complexity index is 780. The van der Waals surface area contributed by atoms with Crippen LogP contribution in [-0.2, 0) is 9.59 Å². The first kappa shape index (κ1) is 16.2. The van der Waals surface area contributed by atoms with Gasteiger partial charge in [0.15, 0.2) is 0 Å². The number of carbonyl (C=O) groups excluding carboxylic acids is 2. The lowest BCUT2D eigenvalue weighted by Gasteiger charge is -2.20. The number of fused-ring (bicyclic) bond motifs is 1. The minimum atomic E-state index is -0.0201. The quantitative estimate of drug-likeness (QED) is 0.797. The number of amides is 2. The molecule has 1 aliphatic rings. The van der Waals surface area contributed by atoms with Crippen LogP contribution in [-0.4, -0.2) is 52.8 Å². The Kier molecular flexibility index (Phi) is 4.89. The molecule has 0 unspecified atom stereocenters. The number of para-hydroxylation sites is 1. The maximum atomic E-state index is 12.5. The van der Waals surface area contributed by atoms with Crippen molar-refractivity contribution in [2.45, 2.75) is 13.3 Å². The second-order valence-electron chi connectivity index (χ2n) is 5.94. The van der Waals surface area contributed by atoms with Crippen molar-refractivity contribution in [2.24, 2.45) is 0 Å². The zero-order valence-corrected chi connectivity index (χ0v) is 13.8. The number of pyridine rings is 1. The van der Waals surface area contributed by atoms with Gasteiger partial charge in [-0.05, 0) is 18.6 Å². The van der Waals surface area contributed by atoms with Crippen molar-refractivity contribution < 1.29 is 9.59 Å². The molecule has 2 aromatic rings. The lowest BCUT2D eigenvalue weighted by atomic mass is 10.1. The monoisotopic (exact) mass is 323 g/mol. The highest BCUT2D eigenvalue weighted by atomic mass is 16.2. The predicted octanol–water partition coefficient (Wildman–Crippen LogP) is 2.33. The summed E-state index contributed by atoms with van der Waals surface area (Å²) in [5.41, 5.74) is 1.82. The predicted molar refractivity (Wildman–Crippen MR) is 94.2 cm³/mol. The number of nitrogens with zero attached hydrogens (tertiary/aromatic N) is 3. The van der Waals surface area contributed by atoms with Crippen LogP contribution in [0.5, 0.6) is 0 Å². The van der Waals surface area contributed by atoms with E-state index in [0.29, 0.717) is 19.6 Å². The van der Waals surface area contributed by atoms with Gasteiger partial charge < -0.3 is 9.80 Å². The Balaban J connectivity index is 1.72. The topological polar surface area (TPSA) is 53.5 Å². The molecule has 1 aromatic carbocycles. The van der Waals surface area contributed by atoms with Crippen LogP contribution in [0.25, 0.3) is 17.0 Å². The lowest BCUT2D eigenvalue weighted by molar-refractivity contribution is -0.130. The largest absolute Gasteiger partial charge is 0.341 e. The van der Waals surface area contributed by atoms with Gasteiger partial charge in [-0.2, -0.15) is 0 Å². The van der Waals surface area contributed by atoms with Crippen LogP contribution in [0.3, 0.4) is 0 Å². The zero-order chi connectivity index (χ0) is 16.9. The molecule has 0 aliphatic carbocycles. The number of aromatic nitrogens is 1. The second kappa shape index (κ2) is 7.25. The summed E-state index contributed by atoms with van der Waals surface area (Å²) in [5.74, 6) is 0.0509. The molecule has 0 radical (unpaired) electrons. The van der Waals surface area contributed by atoms with E-state index < -0.39 is 0 Å². The van der Waals surface area contributed by atoms with Crippen LogP contribution >= 0.6 is 0 Å². The van der Waals surface area contributed by atoms with Gasteiger partial charge in [-0.25, -0.2) is 0 Å². The van der Waals surface area contributed by atoms with Crippen molar-refractivity contribution in [3.63, 3.8) is 0 Å². The normalized spacial score (nSPS) is 15.7. The van der Waals surface area contributed by atoms with Crippen molar-refractivity contribution in [1.29, 1.82) is 0 Å². The molecule has 0 spiro atoms. The van der Waals surface area contributed by atoms with Crippen molar-refractivity contribution >= 4 is 28.8 Å². The third-order valence-corrected chi connectivity index (χ3v) is 4.32. The van der Waals surface area contributed by atoms with Crippen LogP contribution in [0.2, 0.25) is 0 Å². The van der Waals surface area contributed by atoms with Crippen molar-refractivity contribution in [3.8, 4) is 0 Å². The van der Waals surface area contributed by atoms with E-state index in [9.17, 15) is 9.59 Å². The van der Waals surface area contributed by atoms with Crippen LogP contribution in [0.4, 0.5) is 0 Å². The molecule has 0 N–H and O–H groups in total. The minimum Gasteiger partial charge on any atom is -0.341 e. The molecule has 3 rings (SSSR count). The number of rotatable bonds is 2. The Morgan fingerprint density at radius 1 is 1.04 bits per heavy atom. The van der Waals surface area contributed by atoms with Gasteiger partial charge in [-0.1, -0.05) is 24.3 Å². The number of hydrogen-bond donors (Lipinski definition) is 0. The summed E-state index contributed by atoms with van der Waals surface area (Å²) in [5, 5.41) is 1.05. The van der Waals surface area contributed by atoms with Gasteiger partial charge in [-0.3, -0.25) is 14.6 Å². The van der Waals surface area contributed by atoms with E-state index in [1.54, 1.807) is 29.0 Å².